The van der Waals surface area contributed by atoms with Crippen molar-refractivity contribution in [3.63, 3.8) is 0 Å². The summed E-state index contributed by atoms with van der Waals surface area (Å²) in [6.45, 7) is 0. The van der Waals surface area contributed by atoms with E-state index in [0.717, 1.165) is 60.7 Å². The molecule has 12 N–H and O–H groups in total. The molecule has 14 rings (SSSR count). The Kier molecular flexibility index (Phi) is 29.8. The number of nitrogen functional groups attached to an aromatic ring is 2. The third-order valence-electron chi connectivity index (χ3n) is 13.5. The maximum Gasteiger partial charge on any atom is 0.569 e. The number of nitrogens with one attached hydrogen (secondary N) is 1. The second-order valence-electron chi connectivity index (χ2n) is 19.4. The molecular formula is C61H48B2Cl4I3N19O13. The monoisotopic (exact) mass is 1800 g/mol. The Bertz CT molecular complexity index is 5080. The average Bonchev–Trinajstić information content (AvgIpc) is 1.63. The molecule has 0 aliphatic carbocycles. The molecule has 8 aromatic heterocycles. The van der Waals surface area contributed by atoms with Crippen LogP contribution in [-0.2, 0) is 0 Å². The largest absolute Gasteiger partial charge is 0.569 e. The number of aromatic nitrogens is 12. The van der Waals surface area contributed by atoms with Crippen LogP contribution in [-0.4, -0.2) is 109 Å². The SMILES string of the molecule is C.Clc1ncnc2[nH]cc(I)c12.N.Nc1ncnc2c1c(-c1ccc(Cl)cc1)cn2-c1ccc([N+](=O)[O-])cc1.Nc1ncnc2c1c(I)cn2-c1ccc([N+](=O)[O-])cc1.O.O=[N+]([O-])c1ccc(-n2cc(I)c3c(Cl)ncnc32)cc1.O=[N+]([O-])c1ccc(O[B]O)cc1.O[B]Oc1ccc(Cl)cc1. The lowest BCUT2D eigenvalue weighted by atomic mass is 10.1. The van der Waals surface area contributed by atoms with Gasteiger partial charge in [0.1, 0.15) is 64.4 Å². The minimum atomic E-state index is -0.507. The van der Waals surface area contributed by atoms with Crippen LogP contribution in [0.25, 0.3) is 72.3 Å². The number of benzene rings is 6. The van der Waals surface area contributed by atoms with Crippen LogP contribution >= 0.6 is 114 Å². The van der Waals surface area contributed by atoms with Crippen molar-refractivity contribution in [1.82, 2.24) is 64.7 Å². The number of hydrogen-bond acceptors (Lipinski definition) is 23. The van der Waals surface area contributed by atoms with Crippen LogP contribution in [0.15, 0.2) is 196 Å². The van der Waals surface area contributed by atoms with E-state index in [-0.39, 0.29) is 41.8 Å². The normalized spacial score (nSPS) is 10.2. The van der Waals surface area contributed by atoms with Crippen molar-refractivity contribution in [2.45, 2.75) is 7.43 Å². The number of aromatic amines is 1. The number of nitro benzene ring substituents is 4. The molecule has 8 heterocycles. The van der Waals surface area contributed by atoms with Crippen molar-refractivity contribution in [3.8, 4) is 39.7 Å². The van der Waals surface area contributed by atoms with E-state index < -0.39 is 19.7 Å². The first-order valence-corrected chi connectivity index (χ1v) is 32.2. The zero-order valence-corrected chi connectivity index (χ0v) is 60.3. The molecule has 0 saturated heterocycles. The molecular weight excluding hydrogens is 1750 g/mol. The van der Waals surface area contributed by atoms with Crippen molar-refractivity contribution in [1.29, 1.82) is 0 Å². The van der Waals surface area contributed by atoms with Crippen molar-refractivity contribution in [2.75, 3.05) is 11.5 Å². The van der Waals surface area contributed by atoms with Gasteiger partial charge in [-0.05, 0) is 158 Å². The second kappa shape index (κ2) is 37.6. The zero-order valence-electron chi connectivity index (χ0n) is 50.8. The molecule has 32 nitrogen and oxygen atoms in total. The molecule has 0 aliphatic rings. The first-order chi connectivity index (χ1) is 47.5. The summed E-state index contributed by atoms with van der Waals surface area (Å²) in [4.78, 5) is 76.3. The minimum Gasteiger partial charge on any atom is -0.537 e. The van der Waals surface area contributed by atoms with Gasteiger partial charge in [-0.25, -0.2) is 39.9 Å². The van der Waals surface area contributed by atoms with Gasteiger partial charge >= 0.3 is 15.4 Å². The fraction of sp³-hybridized carbons (Fsp3) is 0.0164. The molecule has 0 aliphatic heterocycles. The lowest BCUT2D eigenvalue weighted by molar-refractivity contribution is -0.385. The van der Waals surface area contributed by atoms with Crippen molar-refractivity contribution in [2.24, 2.45) is 0 Å². The molecule has 2 radical (unpaired) electrons. The third-order valence-corrected chi connectivity index (χ3v) is 17.0. The maximum atomic E-state index is 10.9. The van der Waals surface area contributed by atoms with Gasteiger partial charge in [0, 0.05) is 117 Å². The highest BCUT2D eigenvalue weighted by Gasteiger charge is 2.19. The number of anilines is 2. The first kappa shape index (κ1) is 80.9. The second-order valence-corrected chi connectivity index (χ2v) is 24.5. The fourth-order valence-electron chi connectivity index (χ4n) is 8.92. The summed E-state index contributed by atoms with van der Waals surface area (Å²) < 4.78 is 17.6. The van der Waals surface area contributed by atoms with E-state index in [1.807, 2.05) is 50.6 Å². The smallest absolute Gasteiger partial charge is 0.537 e. The number of halogens is 7. The molecule has 102 heavy (non-hydrogen) atoms. The van der Waals surface area contributed by atoms with E-state index in [0.29, 0.717) is 81.2 Å². The molecule has 0 saturated carbocycles. The summed E-state index contributed by atoms with van der Waals surface area (Å²) in [7, 11) is 1.14. The number of fused-ring (bicyclic) bond motifs is 4. The van der Waals surface area contributed by atoms with Crippen LogP contribution in [0.1, 0.15) is 7.43 Å². The Morgan fingerprint density at radius 1 is 0.441 bits per heavy atom. The van der Waals surface area contributed by atoms with Gasteiger partial charge in [-0.3, -0.25) is 40.5 Å². The van der Waals surface area contributed by atoms with E-state index >= 15 is 0 Å². The summed E-state index contributed by atoms with van der Waals surface area (Å²) in [6, 6.07) is 38.2. The highest BCUT2D eigenvalue weighted by Crippen LogP contribution is 2.36. The summed E-state index contributed by atoms with van der Waals surface area (Å²) in [5.41, 5.74) is 18.9. The number of rotatable bonds is 12. The average molecular weight is 1800 g/mol. The van der Waals surface area contributed by atoms with Crippen LogP contribution in [0.3, 0.4) is 0 Å². The summed E-state index contributed by atoms with van der Waals surface area (Å²) >= 11 is 30.0. The molecule has 0 bridgehead atoms. The number of non-ortho nitro benzene ring substituents is 4. The molecule has 520 valence electrons. The fourth-order valence-corrected chi connectivity index (χ4v) is 12.2. The molecule has 41 heteroatoms. The summed E-state index contributed by atoms with van der Waals surface area (Å²) in [6.07, 6.45) is 13.1. The number of nitrogens with two attached hydrogens (primary N) is 2. The van der Waals surface area contributed by atoms with Gasteiger partial charge in [0.25, 0.3) is 22.7 Å². The van der Waals surface area contributed by atoms with Crippen molar-refractivity contribution in [3.05, 3.63) is 267 Å². The quantitative estimate of drug-likeness (QED) is 0.0217. The van der Waals surface area contributed by atoms with Crippen molar-refractivity contribution < 1.29 is 44.5 Å². The molecule has 0 unspecified atom stereocenters. The number of nitrogens with zero attached hydrogens (tertiary/aromatic N) is 15. The number of hydrogen-bond donors (Lipinski definition) is 6. The molecule has 0 atom stereocenters. The zero-order chi connectivity index (χ0) is 71.0. The van der Waals surface area contributed by atoms with E-state index in [4.69, 9.17) is 67.9 Å². The predicted molar refractivity (Wildman–Crippen MR) is 415 cm³/mol. The molecule has 6 aromatic carbocycles. The predicted octanol–water partition coefficient (Wildman–Crippen LogP) is 14.3. The van der Waals surface area contributed by atoms with Gasteiger partial charge in [0.05, 0.1) is 41.2 Å². The van der Waals surface area contributed by atoms with E-state index in [1.54, 1.807) is 72.8 Å². The van der Waals surface area contributed by atoms with Crippen LogP contribution < -0.4 is 26.9 Å². The molecule has 0 amide bonds. The molecule has 0 spiro atoms. The Morgan fingerprint density at radius 3 is 1.19 bits per heavy atom. The highest BCUT2D eigenvalue weighted by atomic mass is 127. The number of nitro groups is 4. The van der Waals surface area contributed by atoms with Crippen LogP contribution in [0, 0.1) is 51.2 Å². The standard InChI is InChI=1S/C18H12ClN5O2.C12H6ClIN4O2.C12H8IN5O2.C6H5BClO2.C6H5BNO4.C6H3ClIN3.CH4.H3N.H2O/c19-12-3-1-11(2-4-12)15-9-23(18-16(15)17(20)21-10-22-18)13-5-7-14(8-6-13)24(25)26;13-11-10-9(14)5-17(12(10)16-6-15-11)7-1-3-8(4-2-7)18(19)20;13-9-5-17(12-10(9)11(14)15-6-16-12)7-1-3-8(4-2-7)18(19)20;8-5-1-3-6(4-2-5)10-7-9;9-7-12-6-3-1-5(2-4-6)8(10)11;7-5-4-3(8)1-9-6(4)11-2-10-5;;;/h1-10H,(H2,20,21,22);1-6H;1-6H,(H2,14,15,16);1-4,9H;1-4,9H;1-2H,(H,9,10,11);1H4;1H3;1H2. The van der Waals surface area contributed by atoms with Gasteiger partial charge in [0.15, 0.2) is 16.9 Å². The van der Waals surface area contributed by atoms with E-state index in [2.05, 4.69) is 122 Å². The third kappa shape index (κ3) is 19.9. The Morgan fingerprint density at radius 2 is 0.775 bits per heavy atom. The lowest BCUT2D eigenvalue weighted by Gasteiger charge is -2.04. The van der Waals surface area contributed by atoms with Crippen LogP contribution in [0.4, 0.5) is 34.4 Å². The Labute approximate surface area is 637 Å². The van der Waals surface area contributed by atoms with Gasteiger partial charge < -0.3 is 61.1 Å². The van der Waals surface area contributed by atoms with E-state index in [1.165, 1.54) is 86.0 Å². The Balaban J connectivity index is 0.000000198. The van der Waals surface area contributed by atoms with Crippen molar-refractivity contribution >= 4 is 208 Å². The molecule has 0 fully saturated rings. The van der Waals surface area contributed by atoms with Crippen LogP contribution in [0.2, 0.25) is 20.4 Å². The molecule has 14 aromatic rings. The van der Waals surface area contributed by atoms with Crippen LogP contribution in [0.5, 0.6) is 11.5 Å². The van der Waals surface area contributed by atoms with Gasteiger partial charge in [-0.1, -0.05) is 66.0 Å². The van der Waals surface area contributed by atoms with Gasteiger partial charge in [0.2, 0.25) is 0 Å². The highest BCUT2D eigenvalue weighted by molar-refractivity contribution is 14.1. The van der Waals surface area contributed by atoms with Gasteiger partial charge in [-0.2, -0.15) is 0 Å². The topological polar surface area (TPSA) is 484 Å². The first-order valence-electron chi connectivity index (χ1n) is 27.5. The van der Waals surface area contributed by atoms with E-state index in [9.17, 15) is 40.5 Å². The number of H-pyrrole nitrogens is 1. The summed E-state index contributed by atoms with van der Waals surface area (Å²) in [5.74, 6) is 1.69. The van der Waals surface area contributed by atoms with Gasteiger partial charge in [-0.15, -0.1) is 0 Å². The Hall–Kier alpha value is -10.1. The maximum absolute atomic E-state index is 10.9. The lowest BCUT2D eigenvalue weighted by Crippen LogP contribution is -1.99. The minimum absolute atomic E-state index is 0. The summed E-state index contributed by atoms with van der Waals surface area (Å²) in [5, 5.41) is 64.2.